The molecule has 0 spiro atoms. The van der Waals surface area contributed by atoms with Crippen molar-refractivity contribution in [2.75, 3.05) is 14.1 Å². The van der Waals surface area contributed by atoms with Gasteiger partial charge < -0.3 is 10.2 Å². The van der Waals surface area contributed by atoms with E-state index < -0.39 is 5.66 Å². The first kappa shape index (κ1) is 11.9. The van der Waals surface area contributed by atoms with Crippen LogP contribution < -0.4 is 5.32 Å². The fraction of sp³-hybridized carbons (Fsp3) is 0.333. The number of benzene rings is 1. The van der Waals surface area contributed by atoms with Crippen LogP contribution >= 0.6 is 11.6 Å². The number of rotatable bonds is 1. The average molecular weight is 252 g/mol. The first-order chi connectivity index (χ1) is 7.92. The van der Waals surface area contributed by atoms with Gasteiger partial charge in [-0.25, -0.2) is 4.99 Å². The van der Waals surface area contributed by atoms with Gasteiger partial charge in [0, 0.05) is 19.1 Å². The molecule has 1 aliphatic rings. The quantitative estimate of drug-likeness (QED) is 0.824. The highest BCUT2D eigenvalue weighted by molar-refractivity contribution is 6.39. The van der Waals surface area contributed by atoms with Crippen molar-refractivity contribution in [2.45, 2.75) is 12.6 Å². The molecule has 1 aliphatic heterocycles. The summed E-state index contributed by atoms with van der Waals surface area (Å²) in [4.78, 5) is 17.9. The fourth-order valence-electron chi connectivity index (χ4n) is 1.78. The van der Waals surface area contributed by atoms with Crippen molar-refractivity contribution < 1.29 is 4.79 Å². The van der Waals surface area contributed by atoms with Gasteiger partial charge >= 0.3 is 0 Å². The molecule has 1 amide bonds. The SMILES string of the molecule is CN(C)C1=NC(C)(c2ccc(Cl)cc2)NC1=O. The lowest BCUT2D eigenvalue weighted by molar-refractivity contribution is -0.115. The number of aliphatic imine (C=N–C) groups is 1. The third-order valence-corrected chi connectivity index (χ3v) is 2.97. The highest BCUT2D eigenvalue weighted by atomic mass is 35.5. The van der Waals surface area contributed by atoms with Crippen molar-refractivity contribution in [3.63, 3.8) is 0 Å². The number of likely N-dealkylation sites (N-methyl/N-ethyl adjacent to an activating group) is 1. The summed E-state index contributed by atoms with van der Waals surface area (Å²) >= 11 is 5.84. The Kier molecular flexibility index (Phi) is 2.83. The molecule has 0 radical (unpaired) electrons. The van der Waals surface area contributed by atoms with Crippen molar-refractivity contribution in [1.82, 2.24) is 10.2 Å². The maximum atomic E-state index is 11.8. The highest BCUT2D eigenvalue weighted by Gasteiger charge is 2.37. The zero-order valence-corrected chi connectivity index (χ0v) is 10.7. The molecule has 0 bridgehead atoms. The number of amidine groups is 1. The second-order valence-corrected chi connectivity index (χ2v) is 4.80. The number of nitrogens with one attached hydrogen (secondary N) is 1. The summed E-state index contributed by atoms with van der Waals surface area (Å²) in [6.45, 7) is 1.87. The molecular weight excluding hydrogens is 238 g/mol. The van der Waals surface area contributed by atoms with Gasteiger partial charge in [-0.3, -0.25) is 4.79 Å². The maximum Gasteiger partial charge on any atom is 0.288 e. The van der Waals surface area contributed by atoms with Gasteiger partial charge in [-0.1, -0.05) is 23.7 Å². The van der Waals surface area contributed by atoms with Gasteiger partial charge in [0.05, 0.1) is 0 Å². The predicted octanol–water partition coefficient (Wildman–Crippen LogP) is 1.60. The van der Waals surface area contributed by atoms with Crippen LogP contribution in [-0.2, 0) is 10.5 Å². The van der Waals surface area contributed by atoms with Crippen molar-refractivity contribution in [2.24, 2.45) is 4.99 Å². The third kappa shape index (κ3) is 2.13. The Bertz CT molecular complexity index is 481. The van der Waals surface area contributed by atoms with Gasteiger partial charge in [0.25, 0.3) is 5.91 Å². The standard InChI is InChI=1S/C12H14ClN3O/c1-12(8-4-6-9(13)7-5-8)14-10(16(2)3)11(17)15-12/h4-7H,1-3H3,(H,15,17). The van der Waals surface area contributed by atoms with E-state index in [1.54, 1.807) is 31.1 Å². The van der Waals surface area contributed by atoms with Crippen LogP contribution in [0.3, 0.4) is 0 Å². The Hall–Kier alpha value is -1.55. The minimum absolute atomic E-state index is 0.160. The number of carbonyl (C=O) groups is 1. The van der Waals surface area contributed by atoms with Crippen LogP contribution in [0.15, 0.2) is 29.3 Å². The first-order valence-electron chi connectivity index (χ1n) is 5.28. The summed E-state index contributed by atoms with van der Waals surface area (Å²) in [7, 11) is 3.60. The van der Waals surface area contributed by atoms with Crippen LogP contribution in [0.4, 0.5) is 0 Å². The lowest BCUT2D eigenvalue weighted by Gasteiger charge is -2.21. The lowest BCUT2D eigenvalue weighted by atomic mass is 10.0. The Morgan fingerprint density at radius 1 is 1.29 bits per heavy atom. The van der Waals surface area contributed by atoms with Crippen molar-refractivity contribution in [3.8, 4) is 0 Å². The Balaban J connectivity index is 2.39. The maximum absolute atomic E-state index is 11.8. The van der Waals surface area contributed by atoms with Gasteiger partial charge in [-0.15, -0.1) is 0 Å². The van der Waals surface area contributed by atoms with E-state index in [2.05, 4.69) is 10.3 Å². The third-order valence-electron chi connectivity index (χ3n) is 2.72. The van der Waals surface area contributed by atoms with Crippen molar-refractivity contribution >= 4 is 23.3 Å². The van der Waals surface area contributed by atoms with Gasteiger partial charge in [-0.2, -0.15) is 0 Å². The van der Waals surface area contributed by atoms with E-state index >= 15 is 0 Å². The normalized spacial score (nSPS) is 23.3. The molecule has 0 saturated heterocycles. The van der Waals surface area contributed by atoms with E-state index in [1.165, 1.54) is 0 Å². The monoisotopic (exact) mass is 251 g/mol. The van der Waals surface area contributed by atoms with Gasteiger partial charge in [-0.05, 0) is 24.6 Å². The number of halogens is 1. The predicted molar refractivity (Wildman–Crippen MR) is 68.1 cm³/mol. The zero-order valence-electron chi connectivity index (χ0n) is 9.99. The first-order valence-corrected chi connectivity index (χ1v) is 5.66. The number of carbonyl (C=O) groups excluding carboxylic acids is 1. The number of nitrogens with zero attached hydrogens (tertiary/aromatic N) is 2. The lowest BCUT2D eigenvalue weighted by Crippen LogP contribution is -2.39. The Morgan fingerprint density at radius 3 is 2.35 bits per heavy atom. The molecule has 17 heavy (non-hydrogen) atoms. The largest absolute Gasteiger partial charge is 0.358 e. The number of hydrogen-bond acceptors (Lipinski definition) is 3. The Labute approximate surface area is 105 Å². The van der Waals surface area contributed by atoms with E-state index in [4.69, 9.17) is 11.6 Å². The van der Waals surface area contributed by atoms with Crippen LogP contribution in [0.2, 0.25) is 5.02 Å². The van der Waals surface area contributed by atoms with Crippen LogP contribution in [0.5, 0.6) is 0 Å². The minimum Gasteiger partial charge on any atom is -0.358 e. The van der Waals surface area contributed by atoms with Gasteiger partial charge in [0.2, 0.25) is 0 Å². The molecule has 1 heterocycles. The molecule has 1 aromatic rings. The summed E-state index contributed by atoms with van der Waals surface area (Å²) < 4.78 is 0. The van der Waals surface area contributed by atoms with Crippen molar-refractivity contribution in [1.29, 1.82) is 0 Å². The Morgan fingerprint density at radius 2 is 1.88 bits per heavy atom. The molecule has 1 N–H and O–H groups in total. The summed E-state index contributed by atoms with van der Waals surface area (Å²) in [5, 5.41) is 3.54. The van der Waals surface area contributed by atoms with Crippen molar-refractivity contribution in [3.05, 3.63) is 34.9 Å². The van der Waals surface area contributed by atoms with Gasteiger partial charge in [0.1, 0.15) is 0 Å². The van der Waals surface area contributed by atoms with Gasteiger partial charge in [0.15, 0.2) is 11.5 Å². The topological polar surface area (TPSA) is 44.7 Å². The number of hydrogen-bond donors (Lipinski definition) is 1. The smallest absolute Gasteiger partial charge is 0.288 e. The van der Waals surface area contributed by atoms with E-state index in [0.29, 0.717) is 10.9 Å². The molecule has 0 aliphatic carbocycles. The molecule has 2 rings (SSSR count). The van der Waals surface area contributed by atoms with Crippen LogP contribution in [-0.4, -0.2) is 30.7 Å². The molecule has 0 aromatic heterocycles. The zero-order chi connectivity index (χ0) is 12.6. The van der Waals surface area contributed by atoms with Crippen LogP contribution in [0, 0.1) is 0 Å². The van der Waals surface area contributed by atoms with E-state index in [9.17, 15) is 4.79 Å². The molecular formula is C12H14ClN3O. The van der Waals surface area contributed by atoms with Crippen LogP contribution in [0.25, 0.3) is 0 Å². The average Bonchev–Trinajstić information content (AvgIpc) is 2.56. The summed E-state index contributed by atoms with van der Waals surface area (Å²) in [5.74, 6) is 0.273. The van der Waals surface area contributed by atoms with E-state index in [1.807, 2.05) is 19.1 Å². The second-order valence-electron chi connectivity index (χ2n) is 4.36. The summed E-state index contributed by atoms with van der Waals surface area (Å²) in [6.07, 6.45) is 0. The summed E-state index contributed by atoms with van der Waals surface area (Å²) in [5.41, 5.74) is 0.202. The molecule has 4 nitrogen and oxygen atoms in total. The molecule has 1 aromatic carbocycles. The molecule has 0 saturated carbocycles. The van der Waals surface area contributed by atoms with Crippen LogP contribution in [0.1, 0.15) is 12.5 Å². The fourth-order valence-corrected chi connectivity index (χ4v) is 1.91. The second kappa shape index (κ2) is 4.04. The summed E-state index contributed by atoms with van der Waals surface area (Å²) in [6, 6.07) is 7.31. The number of amides is 1. The molecule has 0 fully saturated rings. The molecule has 5 heteroatoms. The van der Waals surface area contributed by atoms with E-state index in [-0.39, 0.29) is 5.91 Å². The molecule has 1 unspecified atom stereocenters. The van der Waals surface area contributed by atoms with E-state index in [0.717, 1.165) is 5.56 Å². The molecule has 1 atom stereocenters. The molecule has 90 valence electrons. The highest BCUT2D eigenvalue weighted by Crippen LogP contribution is 2.27. The minimum atomic E-state index is -0.707.